The van der Waals surface area contributed by atoms with Crippen LogP contribution in [0.1, 0.15) is 24.0 Å². The van der Waals surface area contributed by atoms with Gasteiger partial charge in [0.1, 0.15) is 0 Å². The highest BCUT2D eigenvalue weighted by Gasteiger charge is 2.18. The lowest BCUT2D eigenvalue weighted by Crippen LogP contribution is -2.32. The molecule has 0 saturated carbocycles. The van der Waals surface area contributed by atoms with Crippen LogP contribution in [-0.4, -0.2) is 40.5 Å². The van der Waals surface area contributed by atoms with Crippen LogP contribution in [0.4, 0.5) is 0 Å². The standard InChI is InChI=1S/C24H26ClN3O2S/c1-16-5-6-17(2)22(12-16)28-14-21(18-7-9-19(25)10-8-18)27-24(28)31-15-23(29)26-13-20-4-3-11-30-20/h5-10,12,14,20H,3-4,11,13,15H2,1-2H3,(H,26,29). The van der Waals surface area contributed by atoms with Crippen LogP contribution in [0.2, 0.25) is 5.02 Å². The molecular formula is C24H26ClN3O2S. The summed E-state index contributed by atoms with van der Waals surface area (Å²) < 4.78 is 7.65. The van der Waals surface area contributed by atoms with Gasteiger partial charge in [0.2, 0.25) is 5.91 Å². The lowest BCUT2D eigenvalue weighted by atomic mass is 10.1. The maximum absolute atomic E-state index is 12.4. The SMILES string of the molecule is Cc1ccc(C)c(-n2cc(-c3ccc(Cl)cc3)nc2SCC(=O)NCC2CCCO2)c1. The van der Waals surface area contributed by atoms with Crippen molar-refractivity contribution in [1.29, 1.82) is 0 Å². The number of ether oxygens (including phenoxy) is 1. The smallest absolute Gasteiger partial charge is 0.230 e. The van der Waals surface area contributed by atoms with E-state index in [1.165, 1.54) is 17.3 Å². The number of nitrogens with one attached hydrogen (secondary N) is 1. The predicted octanol–water partition coefficient (Wildman–Crippen LogP) is 5.20. The molecule has 5 nitrogen and oxygen atoms in total. The van der Waals surface area contributed by atoms with E-state index in [9.17, 15) is 4.79 Å². The molecule has 1 aromatic heterocycles. The zero-order valence-electron chi connectivity index (χ0n) is 17.7. The Hall–Kier alpha value is -2.28. The predicted molar refractivity (Wildman–Crippen MR) is 126 cm³/mol. The third-order valence-electron chi connectivity index (χ3n) is 5.32. The van der Waals surface area contributed by atoms with Crippen LogP contribution in [0, 0.1) is 13.8 Å². The van der Waals surface area contributed by atoms with E-state index in [0.717, 1.165) is 47.1 Å². The Morgan fingerprint density at radius 1 is 1.26 bits per heavy atom. The van der Waals surface area contributed by atoms with Gasteiger partial charge in [-0.1, -0.05) is 47.6 Å². The first-order valence-corrected chi connectivity index (χ1v) is 11.8. The lowest BCUT2D eigenvalue weighted by Gasteiger charge is -2.12. The summed E-state index contributed by atoms with van der Waals surface area (Å²) in [5, 5.41) is 4.46. The van der Waals surface area contributed by atoms with E-state index in [2.05, 4.69) is 41.9 Å². The third kappa shape index (κ3) is 5.50. The van der Waals surface area contributed by atoms with E-state index in [-0.39, 0.29) is 12.0 Å². The Balaban J connectivity index is 1.56. The Morgan fingerprint density at radius 3 is 2.81 bits per heavy atom. The van der Waals surface area contributed by atoms with Gasteiger partial charge in [-0.05, 0) is 56.0 Å². The van der Waals surface area contributed by atoms with Crippen LogP contribution in [-0.2, 0) is 9.53 Å². The average Bonchev–Trinajstić information content (AvgIpc) is 3.43. The lowest BCUT2D eigenvalue weighted by molar-refractivity contribution is -0.119. The number of aryl methyl sites for hydroxylation is 2. The largest absolute Gasteiger partial charge is 0.376 e. The molecule has 0 spiro atoms. The molecule has 7 heteroatoms. The van der Waals surface area contributed by atoms with Crippen molar-refractivity contribution in [2.45, 2.75) is 37.9 Å². The number of halogens is 1. The summed E-state index contributed by atoms with van der Waals surface area (Å²) in [6, 6.07) is 14.0. The molecule has 1 atom stereocenters. The van der Waals surface area contributed by atoms with E-state index in [4.69, 9.17) is 21.3 Å². The fourth-order valence-corrected chi connectivity index (χ4v) is 4.53. The molecule has 3 aromatic rings. The highest BCUT2D eigenvalue weighted by atomic mass is 35.5. The van der Waals surface area contributed by atoms with Gasteiger partial charge < -0.3 is 10.1 Å². The molecule has 31 heavy (non-hydrogen) atoms. The minimum Gasteiger partial charge on any atom is -0.376 e. The first kappa shape index (κ1) is 21.9. The molecule has 1 aliphatic rings. The molecule has 2 aromatic carbocycles. The van der Waals surface area contributed by atoms with E-state index in [0.29, 0.717) is 17.3 Å². The maximum Gasteiger partial charge on any atom is 0.230 e. The molecule has 2 heterocycles. The number of nitrogens with zero attached hydrogens (tertiary/aromatic N) is 2. The van der Waals surface area contributed by atoms with Crippen LogP contribution < -0.4 is 5.32 Å². The summed E-state index contributed by atoms with van der Waals surface area (Å²) in [7, 11) is 0. The normalized spacial score (nSPS) is 15.9. The van der Waals surface area contributed by atoms with Crippen molar-refractivity contribution in [1.82, 2.24) is 14.9 Å². The van der Waals surface area contributed by atoms with E-state index in [1.54, 1.807) is 0 Å². The van der Waals surface area contributed by atoms with Gasteiger partial charge in [-0.15, -0.1) is 0 Å². The van der Waals surface area contributed by atoms with Gasteiger partial charge in [0, 0.05) is 29.9 Å². The van der Waals surface area contributed by atoms with E-state index >= 15 is 0 Å². The Morgan fingerprint density at radius 2 is 2.06 bits per heavy atom. The monoisotopic (exact) mass is 455 g/mol. The van der Waals surface area contributed by atoms with Gasteiger partial charge >= 0.3 is 0 Å². The van der Waals surface area contributed by atoms with Gasteiger partial charge in [0.25, 0.3) is 0 Å². The van der Waals surface area contributed by atoms with E-state index < -0.39 is 0 Å². The van der Waals surface area contributed by atoms with Gasteiger partial charge in [-0.3, -0.25) is 9.36 Å². The number of thioether (sulfide) groups is 1. The number of hydrogen-bond acceptors (Lipinski definition) is 4. The summed E-state index contributed by atoms with van der Waals surface area (Å²) in [4.78, 5) is 17.3. The highest BCUT2D eigenvalue weighted by Crippen LogP contribution is 2.29. The van der Waals surface area contributed by atoms with Crippen LogP contribution in [0.15, 0.2) is 53.8 Å². The van der Waals surface area contributed by atoms with Crippen molar-refractivity contribution >= 4 is 29.3 Å². The molecule has 1 aliphatic heterocycles. The summed E-state index contributed by atoms with van der Waals surface area (Å²) in [6.45, 7) is 5.52. The molecule has 0 bridgehead atoms. The molecule has 162 valence electrons. The van der Waals surface area contributed by atoms with Gasteiger partial charge in [-0.2, -0.15) is 0 Å². The number of hydrogen-bond donors (Lipinski definition) is 1. The fraction of sp³-hybridized carbons (Fsp3) is 0.333. The second-order valence-corrected chi connectivity index (χ2v) is 9.18. The number of rotatable bonds is 7. The minimum atomic E-state index is -0.0101. The van der Waals surface area contributed by atoms with Crippen LogP contribution in [0.25, 0.3) is 16.9 Å². The maximum atomic E-state index is 12.4. The van der Waals surface area contributed by atoms with Gasteiger partial charge in [0.15, 0.2) is 5.16 Å². The first-order valence-electron chi connectivity index (χ1n) is 10.4. The zero-order chi connectivity index (χ0) is 21.8. The molecule has 0 radical (unpaired) electrons. The van der Waals surface area contributed by atoms with Crippen molar-refractivity contribution in [2.24, 2.45) is 0 Å². The molecule has 1 saturated heterocycles. The first-order chi connectivity index (χ1) is 15.0. The van der Waals surface area contributed by atoms with Crippen LogP contribution in [0.3, 0.4) is 0 Å². The third-order valence-corrected chi connectivity index (χ3v) is 6.53. The van der Waals surface area contributed by atoms with Crippen molar-refractivity contribution in [2.75, 3.05) is 18.9 Å². The number of benzene rings is 2. The summed E-state index contributed by atoms with van der Waals surface area (Å²) in [5.41, 5.74) is 5.22. The number of imidazole rings is 1. The number of amides is 1. The quantitative estimate of drug-likeness (QED) is 0.497. The zero-order valence-corrected chi connectivity index (χ0v) is 19.3. The van der Waals surface area contributed by atoms with Crippen LogP contribution >= 0.6 is 23.4 Å². The molecule has 1 N–H and O–H groups in total. The summed E-state index contributed by atoms with van der Waals surface area (Å²) in [5.74, 6) is 0.290. The second-order valence-electron chi connectivity index (χ2n) is 7.80. The van der Waals surface area contributed by atoms with Crippen LogP contribution in [0.5, 0.6) is 0 Å². The Bertz CT molecular complexity index is 1060. The van der Waals surface area contributed by atoms with Crippen molar-refractivity contribution in [3.05, 3.63) is 64.8 Å². The molecule has 1 fully saturated rings. The molecule has 1 unspecified atom stereocenters. The summed E-state index contributed by atoms with van der Waals surface area (Å²) >= 11 is 7.49. The molecule has 1 amide bonds. The molecular weight excluding hydrogens is 430 g/mol. The van der Waals surface area contributed by atoms with Gasteiger partial charge in [0.05, 0.1) is 23.2 Å². The van der Waals surface area contributed by atoms with Crippen molar-refractivity contribution in [3.63, 3.8) is 0 Å². The second kappa shape index (κ2) is 9.90. The Kier molecular flexibility index (Phi) is 7.00. The van der Waals surface area contributed by atoms with Gasteiger partial charge in [-0.25, -0.2) is 4.98 Å². The minimum absolute atomic E-state index is 0.0101. The van der Waals surface area contributed by atoms with E-state index in [1.807, 2.05) is 30.5 Å². The average molecular weight is 456 g/mol. The molecule has 0 aliphatic carbocycles. The number of carbonyl (C=O) groups excluding carboxylic acids is 1. The molecule has 4 rings (SSSR count). The summed E-state index contributed by atoms with van der Waals surface area (Å²) in [6.07, 6.45) is 4.24. The van der Waals surface area contributed by atoms with Crippen molar-refractivity contribution in [3.8, 4) is 16.9 Å². The number of aromatic nitrogens is 2. The Labute approximate surface area is 192 Å². The number of carbonyl (C=O) groups is 1. The topological polar surface area (TPSA) is 56.2 Å². The highest BCUT2D eigenvalue weighted by molar-refractivity contribution is 7.99. The van der Waals surface area contributed by atoms with Crippen molar-refractivity contribution < 1.29 is 9.53 Å². The fourth-order valence-electron chi connectivity index (χ4n) is 3.59.